The number of likely N-dealkylation sites (tertiary alicyclic amines) is 1. The van der Waals surface area contributed by atoms with E-state index in [0.717, 1.165) is 19.3 Å². The van der Waals surface area contributed by atoms with E-state index in [1.165, 1.54) is 0 Å². The van der Waals surface area contributed by atoms with Gasteiger partial charge in [0.05, 0.1) is 17.8 Å². The first-order valence-corrected chi connectivity index (χ1v) is 12.3. The van der Waals surface area contributed by atoms with Crippen molar-refractivity contribution in [3.8, 4) is 0 Å². The van der Waals surface area contributed by atoms with Gasteiger partial charge in [-0.15, -0.1) is 0 Å². The van der Waals surface area contributed by atoms with Crippen molar-refractivity contribution < 1.29 is 18.5 Å². The fourth-order valence-electron chi connectivity index (χ4n) is 4.91. The SMILES string of the molecule is CCC(C)C(C(C)C)C(CC(=O)N1CCCC1C(C(C)C(C)=O)S(C)=O)OC. The lowest BCUT2D eigenvalue weighted by molar-refractivity contribution is -0.137. The van der Waals surface area contributed by atoms with E-state index in [-0.39, 0.29) is 35.0 Å². The summed E-state index contributed by atoms with van der Waals surface area (Å²) in [4.78, 5) is 27.1. The minimum absolute atomic E-state index is 0.0332. The molecule has 1 rings (SSSR count). The molecule has 164 valence electrons. The number of methoxy groups -OCH3 is 1. The molecule has 6 heteroatoms. The lowest BCUT2D eigenvalue weighted by Crippen LogP contribution is -2.49. The van der Waals surface area contributed by atoms with Crippen LogP contribution in [0, 0.1) is 23.7 Å². The number of carbonyl (C=O) groups is 2. The molecule has 1 aliphatic rings. The van der Waals surface area contributed by atoms with E-state index in [2.05, 4.69) is 27.7 Å². The van der Waals surface area contributed by atoms with Gasteiger partial charge in [-0.3, -0.25) is 13.8 Å². The number of carbonyl (C=O) groups excluding carboxylic acids is 2. The zero-order valence-corrected chi connectivity index (χ0v) is 19.9. The molecule has 7 atom stereocenters. The second kappa shape index (κ2) is 11.4. The van der Waals surface area contributed by atoms with Crippen LogP contribution < -0.4 is 0 Å². The number of nitrogens with zero attached hydrogens (tertiary/aromatic N) is 1. The van der Waals surface area contributed by atoms with E-state index in [4.69, 9.17) is 4.74 Å². The standard InChI is InChI=1S/C22H41NO4S/c1-9-15(4)21(14(2)3)19(27-7)13-20(25)23-12-10-11-18(23)22(28(8)26)16(5)17(6)24/h14-16,18-19,21-22H,9-13H2,1-8H3. The first-order chi connectivity index (χ1) is 13.1. The molecule has 5 nitrogen and oxygen atoms in total. The van der Waals surface area contributed by atoms with Crippen LogP contribution in [0.25, 0.3) is 0 Å². The zero-order valence-electron chi connectivity index (χ0n) is 19.1. The third kappa shape index (κ3) is 6.12. The van der Waals surface area contributed by atoms with Gasteiger partial charge in [0.15, 0.2) is 0 Å². The largest absolute Gasteiger partial charge is 0.381 e. The second-order valence-electron chi connectivity index (χ2n) is 8.84. The van der Waals surface area contributed by atoms with Crippen LogP contribution in [0.5, 0.6) is 0 Å². The van der Waals surface area contributed by atoms with Gasteiger partial charge >= 0.3 is 0 Å². The highest BCUT2D eigenvalue weighted by atomic mass is 32.2. The van der Waals surface area contributed by atoms with Gasteiger partial charge in [-0.05, 0) is 37.5 Å². The summed E-state index contributed by atoms with van der Waals surface area (Å²) < 4.78 is 18.2. The van der Waals surface area contributed by atoms with Gasteiger partial charge < -0.3 is 9.64 Å². The quantitative estimate of drug-likeness (QED) is 0.516. The summed E-state index contributed by atoms with van der Waals surface area (Å²) in [6.45, 7) is 12.8. The molecule has 0 radical (unpaired) electrons. The Hall–Kier alpha value is -0.750. The molecule has 0 aromatic heterocycles. The highest BCUT2D eigenvalue weighted by Crippen LogP contribution is 2.33. The number of ketones is 1. The Morgan fingerprint density at radius 2 is 1.82 bits per heavy atom. The van der Waals surface area contributed by atoms with E-state index in [1.807, 2.05) is 11.8 Å². The monoisotopic (exact) mass is 415 g/mol. The van der Waals surface area contributed by atoms with Crippen LogP contribution in [-0.4, -0.2) is 58.1 Å². The molecule has 1 amide bonds. The molecule has 0 aromatic rings. The molecule has 7 unspecified atom stereocenters. The Morgan fingerprint density at radius 3 is 2.25 bits per heavy atom. The molecule has 1 aliphatic heterocycles. The van der Waals surface area contributed by atoms with Crippen molar-refractivity contribution >= 4 is 22.5 Å². The molecule has 0 saturated carbocycles. The summed E-state index contributed by atoms with van der Waals surface area (Å²) >= 11 is 0. The van der Waals surface area contributed by atoms with Crippen molar-refractivity contribution in [1.29, 1.82) is 0 Å². The minimum atomic E-state index is -1.17. The summed E-state index contributed by atoms with van der Waals surface area (Å²) in [7, 11) is 0.527. The Morgan fingerprint density at radius 1 is 1.21 bits per heavy atom. The maximum absolute atomic E-state index is 13.2. The van der Waals surface area contributed by atoms with Crippen LogP contribution in [0.4, 0.5) is 0 Å². The molecule has 1 heterocycles. The van der Waals surface area contributed by atoms with Gasteiger partial charge in [0, 0.05) is 42.7 Å². The van der Waals surface area contributed by atoms with Crippen LogP contribution in [0.15, 0.2) is 0 Å². The third-order valence-electron chi connectivity index (χ3n) is 6.69. The lowest BCUT2D eigenvalue weighted by atomic mass is 9.78. The van der Waals surface area contributed by atoms with Crippen molar-refractivity contribution in [3.05, 3.63) is 0 Å². The predicted octanol–water partition coefficient (Wildman–Crippen LogP) is 3.67. The highest BCUT2D eigenvalue weighted by molar-refractivity contribution is 7.85. The van der Waals surface area contributed by atoms with Crippen LogP contribution in [0.1, 0.15) is 67.2 Å². The van der Waals surface area contributed by atoms with E-state index in [1.54, 1.807) is 20.3 Å². The van der Waals surface area contributed by atoms with Crippen LogP contribution in [0.2, 0.25) is 0 Å². The average molecular weight is 416 g/mol. The van der Waals surface area contributed by atoms with Crippen LogP contribution >= 0.6 is 0 Å². The molecule has 1 fully saturated rings. The Labute approximate surface area is 174 Å². The Kier molecular flexibility index (Phi) is 10.3. The highest BCUT2D eigenvalue weighted by Gasteiger charge is 2.41. The topological polar surface area (TPSA) is 63.7 Å². The summed E-state index contributed by atoms with van der Waals surface area (Å²) in [6, 6.07) is -0.129. The third-order valence-corrected chi connectivity index (χ3v) is 8.18. The normalized spacial score (nSPS) is 23.9. The molecular weight excluding hydrogens is 374 g/mol. The summed E-state index contributed by atoms with van der Waals surface area (Å²) in [5, 5.41) is -0.305. The van der Waals surface area contributed by atoms with Gasteiger partial charge in [-0.25, -0.2) is 0 Å². The number of ether oxygens (including phenoxy) is 1. The van der Waals surface area contributed by atoms with Gasteiger partial charge in [0.2, 0.25) is 5.91 Å². The number of hydrogen-bond donors (Lipinski definition) is 0. The first kappa shape index (κ1) is 25.3. The van der Waals surface area contributed by atoms with Crippen molar-refractivity contribution in [2.45, 2.75) is 84.6 Å². The molecule has 1 saturated heterocycles. The maximum Gasteiger partial charge on any atom is 0.225 e. The van der Waals surface area contributed by atoms with Crippen molar-refractivity contribution in [2.75, 3.05) is 19.9 Å². The fourth-order valence-corrected chi connectivity index (χ4v) is 6.40. The van der Waals surface area contributed by atoms with Gasteiger partial charge in [0.1, 0.15) is 5.78 Å². The van der Waals surface area contributed by atoms with Crippen molar-refractivity contribution in [2.24, 2.45) is 23.7 Å². The van der Waals surface area contributed by atoms with Crippen LogP contribution in [0.3, 0.4) is 0 Å². The number of Topliss-reactive ketones (excluding diaryl/α,β-unsaturated/α-hetero) is 1. The van der Waals surface area contributed by atoms with E-state index >= 15 is 0 Å². The predicted molar refractivity (Wildman–Crippen MR) is 116 cm³/mol. The smallest absolute Gasteiger partial charge is 0.225 e. The van der Waals surface area contributed by atoms with E-state index < -0.39 is 10.8 Å². The molecule has 0 bridgehead atoms. The first-order valence-electron chi connectivity index (χ1n) is 10.7. The van der Waals surface area contributed by atoms with Crippen LogP contribution in [-0.2, 0) is 25.1 Å². The maximum atomic E-state index is 13.2. The van der Waals surface area contributed by atoms with Crippen molar-refractivity contribution in [1.82, 2.24) is 4.90 Å². The number of amides is 1. The molecule has 0 N–H and O–H groups in total. The molecule has 0 aliphatic carbocycles. The zero-order chi connectivity index (χ0) is 21.6. The van der Waals surface area contributed by atoms with Crippen molar-refractivity contribution in [3.63, 3.8) is 0 Å². The fraction of sp³-hybridized carbons (Fsp3) is 0.909. The molecule has 0 aromatic carbocycles. The number of rotatable bonds is 11. The number of hydrogen-bond acceptors (Lipinski definition) is 4. The van der Waals surface area contributed by atoms with E-state index in [0.29, 0.717) is 30.7 Å². The van der Waals surface area contributed by atoms with Gasteiger partial charge in [-0.1, -0.05) is 41.0 Å². The molecular formula is C22H41NO4S. The summed E-state index contributed by atoms with van der Waals surface area (Å²) in [5.41, 5.74) is 0. The lowest BCUT2D eigenvalue weighted by Gasteiger charge is -2.37. The molecule has 0 spiro atoms. The van der Waals surface area contributed by atoms with E-state index in [9.17, 15) is 13.8 Å². The minimum Gasteiger partial charge on any atom is -0.381 e. The van der Waals surface area contributed by atoms with Gasteiger partial charge in [-0.2, -0.15) is 0 Å². The second-order valence-corrected chi connectivity index (χ2v) is 10.4. The Bertz CT molecular complexity index is 551. The average Bonchev–Trinajstić information content (AvgIpc) is 3.09. The Balaban J connectivity index is 3.02. The summed E-state index contributed by atoms with van der Waals surface area (Å²) in [6.07, 6.45) is 4.63. The summed E-state index contributed by atoms with van der Waals surface area (Å²) in [5.74, 6) is 0.995. The molecule has 28 heavy (non-hydrogen) atoms. The van der Waals surface area contributed by atoms with Gasteiger partial charge in [0.25, 0.3) is 0 Å².